The molecule has 0 bridgehead atoms. The van der Waals surface area contributed by atoms with Crippen molar-refractivity contribution < 1.29 is 14.6 Å². The highest BCUT2D eigenvalue weighted by Crippen LogP contribution is 2.54. The molecule has 1 amide bonds. The number of hydrogen-bond donors (Lipinski definition) is 2. The molecule has 23 heavy (non-hydrogen) atoms. The van der Waals surface area contributed by atoms with Crippen LogP contribution < -0.4 is 10.1 Å². The maximum atomic E-state index is 11.0. The summed E-state index contributed by atoms with van der Waals surface area (Å²) in [5.74, 6) is 0.679. The van der Waals surface area contributed by atoms with E-state index in [0.717, 1.165) is 5.56 Å². The molecule has 1 heterocycles. The smallest absolute Gasteiger partial charge is 0.409 e. The van der Waals surface area contributed by atoms with Gasteiger partial charge in [0.2, 0.25) is 0 Å². The third-order valence-electron chi connectivity index (χ3n) is 4.15. The van der Waals surface area contributed by atoms with Crippen molar-refractivity contribution in [2.24, 2.45) is 0 Å². The molecule has 2 N–H and O–H groups in total. The van der Waals surface area contributed by atoms with Crippen molar-refractivity contribution in [3.05, 3.63) is 23.8 Å². The van der Waals surface area contributed by atoms with Gasteiger partial charge in [-0.1, -0.05) is 45.2 Å². The van der Waals surface area contributed by atoms with Crippen LogP contribution >= 0.6 is 11.8 Å². The second-order valence-electron chi connectivity index (χ2n) is 6.68. The molecule has 1 aliphatic rings. The van der Waals surface area contributed by atoms with E-state index in [1.165, 1.54) is 25.7 Å². The maximum absolute atomic E-state index is 11.0. The highest BCUT2D eigenvalue weighted by molar-refractivity contribution is 8.00. The number of unbranched alkanes of at least 4 members (excludes halogenated alkanes) is 2. The average Bonchev–Trinajstić information content (AvgIpc) is 2.71. The van der Waals surface area contributed by atoms with Crippen molar-refractivity contribution in [1.29, 1.82) is 0 Å². The van der Waals surface area contributed by atoms with Gasteiger partial charge in [-0.2, -0.15) is 0 Å². The zero-order chi connectivity index (χ0) is 17.0. The number of rotatable bonds is 7. The Hall–Kier alpha value is -1.36. The second-order valence-corrected chi connectivity index (χ2v) is 8.23. The first kappa shape index (κ1) is 18.0. The minimum Gasteiger partial charge on any atom is -0.484 e. The van der Waals surface area contributed by atoms with Gasteiger partial charge in [-0.15, -0.1) is 11.8 Å². The highest BCUT2D eigenvalue weighted by atomic mass is 32.2. The quantitative estimate of drug-likeness (QED) is 0.627. The van der Waals surface area contributed by atoms with E-state index in [1.807, 2.05) is 23.9 Å². The van der Waals surface area contributed by atoms with E-state index in [9.17, 15) is 4.79 Å². The van der Waals surface area contributed by atoms with Crippen LogP contribution in [0.2, 0.25) is 0 Å². The van der Waals surface area contributed by atoms with Gasteiger partial charge in [0.1, 0.15) is 11.4 Å². The number of hydrogen-bond acceptors (Lipinski definition) is 3. The fourth-order valence-electron chi connectivity index (χ4n) is 3.00. The van der Waals surface area contributed by atoms with Gasteiger partial charge < -0.3 is 9.84 Å². The van der Waals surface area contributed by atoms with E-state index in [2.05, 4.69) is 33.0 Å². The van der Waals surface area contributed by atoms with E-state index in [0.29, 0.717) is 16.7 Å². The summed E-state index contributed by atoms with van der Waals surface area (Å²) < 4.78 is 6.12. The largest absolute Gasteiger partial charge is 0.484 e. The number of nitrogens with one attached hydrogen (secondary N) is 1. The van der Waals surface area contributed by atoms with E-state index < -0.39 is 6.09 Å². The van der Waals surface area contributed by atoms with Crippen molar-refractivity contribution in [1.82, 2.24) is 0 Å². The van der Waals surface area contributed by atoms with Crippen LogP contribution in [0.25, 0.3) is 0 Å². The SMILES string of the molecule is CCCCCC(C)SC1c2cccc(NC(=O)O)c2OC1(C)C. The van der Waals surface area contributed by atoms with Crippen LogP contribution in [0.4, 0.5) is 10.5 Å². The standard InChI is InChI=1S/C18H27NO3S/c1-5-6-7-9-12(2)23-16-13-10-8-11-14(19-17(20)21)15(13)22-18(16,3)4/h8,10-12,16,19H,5-7,9H2,1-4H3,(H,20,21). The van der Waals surface area contributed by atoms with Crippen LogP contribution in [0.3, 0.4) is 0 Å². The van der Waals surface area contributed by atoms with Crippen LogP contribution in [0.5, 0.6) is 5.75 Å². The van der Waals surface area contributed by atoms with Gasteiger partial charge in [0.25, 0.3) is 0 Å². The molecule has 0 radical (unpaired) electrons. The number of anilines is 1. The highest BCUT2D eigenvalue weighted by Gasteiger charge is 2.43. The van der Waals surface area contributed by atoms with E-state index >= 15 is 0 Å². The lowest BCUT2D eigenvalue weighted by Gasteiger charge is -2.28. The number of amides is 1. The van der Waals surface area contributed by atoms with Crippen molar-refractivity contribution in [3.63, 3.8) is 0 Å². The van der Waals surface area contributed by atoms with Crippen molar-refractivity contribution >= 4 is 23.5 Å². The van der Waals surface area contributed by atoms with Crippen LogP contribution in [0, 0.1) is 0 Å². The number of carboxylic acid groups (broad SMARTS) is 1. The van der Waals surface area contributed by atoms with Crippen molar-refractivity contribution in [3.8, 4) is 5.75 Å². The molecule has 0 saturated carbocycles. The summed E-state index contributed by atoms with van der Waals surface area (Å²) in [7, 11) is 0. The number of ether oxygens (including phenoxy) is 1. The van der Waals surface area contributed by atoms with Crippen LogP contribution in [0.1, 0.15) is 64.2 Å². The topological polar surface area (TPSA) is 58.6 Å². The molecule has 2 atom stereocenters. The first-order valence-corrected chi connectivity index (χ1v) is 9.26. The maximum Gasteiger partial charge on any atom is 0.409 e. The predicted molar refractivity (Wildman–Crippen MR) is 96.7 cm³/mol. The van der Waals surface area contributed by atoms with Crippen molar-refractivity contribution in [2.75, 3.05) is 5.32 Å². The number of carbonyl (C=O) groups is 1. The lowest BCUT2D eigenvalue weighted by Crippen LogP contribution is -2.29. The Balaban J connectivity index is 2.17. The molecule has 1 aromatic rings. The van der Waals surface area contributed by atoms with E-state index in [4.69, 9.17) is 9.84 Å². The Kier molecular flexibility index (Phi) is 5.84. The molecule has 4 nitrogen and oxygen atoms in total. The van der Waals surface area contributed by atoms with Gasteiger partial charge in [-0.05, 0) is 26.3 Å². The zero-order valence-electron chi connectivity index (χ0n) is 14.4. The summed E-state index contributed by atoms with van der Waals surface area (Å²) in [5.41, 5.74) is 1.28. The molecule has 0 spiro atoms. The third-order valence-corrected chi connectivity index (χ3v) is 5.94. The molecule has 0 saturated heterocycles. The Morgan fingerprint density at radius 3 is 2.83 bits per heavy atom. The van der Waals surface area contributed by atoms with Crippen molar-refractivity contribution in [2.45, 2.75) is 69.5 Å². The zero-order valence-corrected chi connectivity index (χ0v) is 15.2. The molecular formula is C18H27NO3S. The summed E-state index contributed by atoms with van der Waals surface area (Å²) in [6, 6.07) is 5.69. The first-order valence-electron chi connectivity index (χ1n) is 8.32. The second kappa shape index (κ2) is 7.47. The third kappa shape index (κ3) is 4.34. The normalized spacial score (nSPS) is 19.7. The summed E-state index contributed by atoms with van der Waals surface area (Å²) in [6.07, 6.45) is 3.91. The minimum atomic E-state index is -1.07. The Bertz CT molecular complexity index is 559. The van der Waals surface area contributed by atoms with Gasteiger partial charge in [0.05, 0.1) is 10.9 Å². The van der Waals surface area contributed by atoms with Crippen LogP contribution in [-0.2, 0) is 0 Å². The summed E-state index contributed by atoms with van der Waals surface area (Å²) in [4.78, 5) is 11.0. The molecular weight excluding hydrogens is 310 g/mol. The van der Waals surface area contributed by atoms with Gasteiger partial charge >= 0.3 is 6.09 Å². The predicted octanol–water partition coefficient (Wildman–Crippen LogP) is 5.69. The number of benzene rings is 1. The number of thioether (sulfide) groups is 1. The number of fused-ring (bicyclic) bond motifs is 1. The van der Waals surface area contributed by atoms with Crippen LogP contribution in [-0.4, -0.2) is 22.1 Å². The summed E-state index contributed by atoms with van der Waals surface area (Å²) >= 11 is 1.93. The summed E-state index contributed by atoms with van der Waals surface area (Å²) in [5, 5.41) is 12.2. The lowest BCUT2D eigenvalue weighted by molar-refractivity contribution is 0.136. The monoisotopic (exact) mass is 337 g/mol. The fourth-order valence-corrected chi connectivity index (χ4v) is 4.47. The van der Waals surface area contributed by atoms with Gasteiger partial charge in [-0.25, -0.2) is 4.79 Å². The fraction of sp³-hybridized carbons (Fsp3) is 0.611. The molecule has 128 valence electrons. The van der Waals surface area contributed by atoms with Gasteiger partial charge in [-0.3, -0.25) is 5.32 Å². The molecule has 1 aliphatic heterocycles. The van der Waals surface area contributed by atoms with E-state index in [1.54, 1.807) is 6.07 Å². The van der Waals surface area contributed by atoms with Gasteiger partial charge in [0, 0.05) is 10.8 Å². The Morgan fingerprint density at radius 2 is 2.17 bits per heavy atom. The molecule has 0 aliphatic carbocycles. The molecule has 5 heteroatoms. The number of para-hydroxylation sites is 1. The molecule has 0 aromatic heterocycles. The lowest BCUT2D eigenvalue weighted by atomic mass is 10.0. The molecule has 2 rings (SSSR count). The minimum absolute atomic E-state index is 0.213. The molecule has 1 aromatic carbocycles. The van der Waals surface area contributed by atoms with Gasteiger partial charge in [0.15, 0.2) is 0 Å². The molecule has 2 unspecified atom stereocenters. The Labute approximate surface area is 143 Å². The van der Waals surface area contributed by atoms with Crippen LogP contribution in [0.15, 0.2) is 18.2 Å². The Morgan fingerprint density at radius 1 is 1.43 bits per heavy atom. The first-order chi connectivity index (χ1) is 10.8. The molecule has 0 fully saturated rings. The van der Waals surface area contributed by atoms with E-state index in [-0.39, 0.29) is 10.9 Å². The average molecular weight is 337 g/mol. The summed E-state index contributed by atoms with van der Waals surface area (Å²) in [6.45, 7) is 8.65.